The topological polar surface area (TPSA) is 58.9 Å². The number of benzene rings is 1. The van der Waals surface area contributed by atoms with Crippen LogP contribution < -0.4 is 0 Å². The van der Waals surface area contributed by atoms with Gasteiger partial charge in [0.05, 0.1) is 6.21 Å². The lowest BCUT2D eigenvalue weighted by atomic mass is 10.2. The molecule has 1 aromatic carbocycles. The summed E-state index contributed by atoms with van der Waals surface area (Å²) in [5, 5.41) is 11.4. The summed E-state index contributed by atoms with van der Waals surface area (Å²) in [5.41, 5.74) is 0.0155. The maximum atomic E-state index is 12.9. The number of nitrogens with zero attached hydrogens (tertiary/aromatic N) is 1. The van der Waals surface area contributed by atoms with Crippen LogP contribution in [0.2, 0.25) is 0 Å². The molecule has 0 aliphatic heterocycles. The summed E-state index contributed by atoms with van der Waals surface area (Å²) in [7, 11) is 0. The summed E-state index contributed by atoms with van der Waals surface area (Å²) in [4.78, 5) is 14.3. The number of hydrogen-bond donors (Lipinski definition) is 1. The van der Waals surface area contributed by atoms with Gasteiger partial charge < -0.3 is 9.94 Å². The van der Waals surface area contributed by atoms with E-state index in [2.05, 4.69) is 9.99 Å². The molecule has 0 aliphatic carbocycles. The second kappa shape index (κ2) is 5.04. The van der Waals surface area contributed by atoms with Gasteiger partial charge in [-0.15, -0.1) is 0 Å². The molecule has 4 nitrogen and oxygen atoms in total. The zero-order valence-corrected chi connectivity index (χ0v) is 7.48. The number of halogens is 2. The molecule has 80 valence electrons. The smallest absolute Gasteiger partial charge is 0.344 e. The van der Waals surface area contributed by atoms with Crippen LogP contribution in [0.1, 0.15) is 5.56 Å². The summed E-state index contributed by atoms with van der Waals surface area (Å²) >= 11 is 0. The zero-order valence-electron chi connectivity index (χ0n) is 7.48. The first-order chi connectivity index (χ1) is 7.09. The fraction of sp³-hybridized carbons (Fsp3) is 0.111. The van der Waals surface area contributed by atoms with Crippen molar-refractivity contribution in [2.75, 3.05) is 6.61 Å². The molecule has 0 spiro atoms. The average molecular weight is 215 g/mol. The van der Waals surface area contributed by atoms with Crippen LogP contribution in [-0.4, -0.2) is 23.9 Å². The Balaban J connectivity index is 2.60. The minimum Gasteiger partial charge on any atom is -0.479 e. The van der Waals surface area contributed by atoms with E-state index in [-0.39, 0.29) is 5.56 Å². The first-order valence-electron chi connectivity index (χ1n) is 3.92. The number of rotatable bonds is 4. The van der Waals surface area contributed by atoms with E-state index in [0.29, 0.717) is 6.07 Å². The average Bonchev–Trinajstić information content (AvgIpc) is 2.14. The molecule has 1 aromatic rings. The highest BCUT2D eigenvalue weighted by molar-refractivity contribution is 5.79. The second-order valence-electron chi connectivity index (χ2n) is 2.57. The molecule has 0 saturated heterocycles. The van der Waals surface area contributed by atoms with Gasteiger partial charge in [-0.3, -0.25) is 0 Å². The highest BCUT2D eigenvalue weighted by atomic mass is 19.1. The highest BCUT2D eigenvalue weighted by Crippen LogP contribution is 2.06. The molecule has 0 heterocycles. The Labute approximate surface area is 83.8 Å². The van der Waals surface area contributed by atoms with E-state index < -0.39 is 24.2 Å². The van der Waals surface area contributed by atoms with E-state index >= 15 is 0 Å². The molecule has 0 aliphatic rings. The first-order valence-corrected chi connectivity index (χ1v) is 3.92. The lowest BCUT2D eigenvalue weighted by Crippen LogP contribution is -2.03. The molecule has 1 N–H and O–H groups in total. The predicted molar refractivity (Wildman–Crippen MR) is 47.5 cm³/mol. The van der Waals surface area contributed by atoms with Crippen molar-refractivity contribution in [1.82, 2.24) is 0 Å². The fourth-order valence-corrected chi connectivity index (χ4v) is 0.793. The van der Waals surface area contributed by atoms with Crippen molar-refractivity contribution >= 4 is 12.2 Å². The molecule has 0 fully saturated rings. The van der Waals surface area contributed by atoms with Gasteiger partial charge in [0.15, 0.2) is 0 Å². The number of carbonyl (C=O) groups is 1. The lowest BCUT2D eigenvalue weighted by molar-refractivity contribution is -0.142. The molecule has 15 heavy (non-hydrogen) atoms. The van der Waals surface area contributed by atoms with Crippen molar-refractivity contribution in [3.63, 3.8) is 0 Å². The summed E-state index contributed by atoms with van der Waals surface area (Å²) in [6.45, 7) is -0.612. The zero-order chi connectivity index (χ0) is 11.3. The van der Waals surface area contributed by atoms with E-state index in [1.54, 1.807) is 0 Å². The number of aliphatic carboxylic acids is 1. The Morgan fingerprint density at radius 1 is 1.53 bits per heavy atom. The largest absolute Gasteiger partial charge is 0.479 e. The summed E-state index contributed by atoms with van der Waals surface area (Å²) in [6.07, 6.45) is 0.970. The molecule has 0 unspecified atom stereocenters. The van der Waals surface area contributed by atoms with Crippen LogP contribution >= 0.6 is 0 Å². The second-order valence-corrected chi connectivity index (χ2v) is 2.57. The summed E-state index contributed by atoms with van der Waals surface area (Å²) in [6, 6.07) is 2.92. The third kappa shape index (κ3) is 3.72. The molecule has 0 saturated carbocycles. The molecular weight excluding hydrogens is 208 g/mol. The molecule has 0 radical (unpaired) electrons. The van der Waals surface area contributed by atoms with Gasteiger partial charge in [0, 0.05) is 11.6 Å². The van der Waals surface area contributed by atoms with Gasteiger partial charge in [-0.1, -0.05) is 5.16 Å². The van der Waals surface area contributed by atoms with Crippen LogP contribution in [0.4, 0.5) is 8.78 Å². The van der Waals surface area contributed by atoms with Crippen LogP contribution in [-0.2, 0) is 9.63 Å². The van der Waals surface area contributed by atoms with Gasteiger partial charge in [0.2, 0.25) is 6.61 Å². The Kier molecular flexibility index (Phi) is 3.73. The molecule has 0 bridgehead atoms. The highest BCUT2D eigenvalue weighted by Gasteiger charge is 2.01. The van der Waals surface area contributed by atoms with Crippen molar-refractivity contribution in [1.29, 1.82) is 0 Å². The van der Waals surface area contributed by atoms with Gasteiger partial charge >= 0.3 is 5.97 Å². The van der Waals surface area contributed by atoms with E-state index in [1.165, 1.54) is 0 Å². The maximum absolute atomic E-state index is 12.9. The maximum Gasteiger partial charge on any atom is 0.344 e. The van der Waals surface area contributed by atoms with Gasteiger partial charge in [-0.2, -0.15) is 0 Å². The lowest BCUT2D eigenvalue weighted by Gasteiger charge is -1.96. The molecule has 6 heteroatoms. The fourth-order valence-electron chi connectivity index (χ4n) is 0.793. The molecule has 1 rings (SSSR count). The van der Waals surface area contributed by atoms with Gasteiger partial charge in [0.25, 0.3) is 0 Å². The van der Waals surface area contributed by atoms with Crippen molar-refractivity contribution in [2.24, 2.45) is 5.16 Å². The van der Waals surface area contributed by atoms with Crippen LogP contribution in [0.25, 0.3) is 0 Å². The number of carboxylic acids is 1. The standard InChI is InChI=1S/C9H7F2NO3/c10-7-2-1-6(8(11)3-7)4-12-15-5-9(13)14/h1-4H,5H2,(H,13,14). The van der Waals surface area contributed by atoms with Crippen molar-refractivity contribution in [3.05, 3.63) is 35.4 Å². The SMILES string of the molecule is O=C(O)CON=Cc1ccc(F)cc1F. The van der Waals surface area contributed by atoms with Crippen LogP contribution in [0, 0.1) is 11.6 Å². The normalized spacial score (nSPS) is 10.5. The van der Waals surface area contributed by atoms with E-state index in [1.807, 2.05) is 0 Å². The third-order valence-electron chi connectivity index (χ3n) is 1.42. The Morgan fingerprint density at radius 2 is 2.27 bits per heavy atom. The third-order valence-corrected chi connectivity index (χ3v) is 1.42. The number of carboxylic acid groups (broad SMARTS) is 1. The molecular formula is C9H7F2NO3. The Bertz CT molecular complexity index is 393. The quantitative estimate of drug-likeness (QED) is 0.610. The van der Waals surface area contributed by atoms with Crippen LogP contribution in [0.5, 0.6) is 0 Å². The van der Waals surface area contributed by atoms with E-state index in [4.69, 9.17) is 5.11 Å². The predicted octanol–water partition coefficient (Wildman–Crippen LogP) is 1.40. The molecule has 0 aromatic heterocycles. The van der Waals surface area contributed by atoms with E-state index in [9.17, 15) is 13.6 Å². The first kappa shape index (κ1) is 11.1. The van der Waals surface area contributed by atoms with Crippen LogP contribution in [0.3, 0.4) is 0 Å². The van der Waals surface area contributed by atoms with E-state index in [0.717, 1.165) is 18.3 Å². The molecule has 0 amide bonds. The Hall–Kier alpha value is -1.98. The number of oxime groups is 1. The van der Waals surface area contributed by atoms with Crippen molar-refractivity contribution < 1.29 is 23.5 Å². The summed E-state index contributed by atoms with van der Waals surface area (Å²) < 4.78 is 25.4. The minimum absolute atomic E-state index is 0.0155. The number of hydrogen-bond acceptors (Lipinski definition) is 3. The Morgan fingerprint density at radius 3 is 2.87 bits per heavy atom. The molecule has 0 atom stereocenters. The van der Waals surface area contributed by atoms with Crippen molar-refractivity contribution in [3.8, 4) is 0 Å². The van der Waals surface area contributed by atoms with Gasteiger partial charge in [0.1, 0.15) is 11.6 Å². The summed E-state index contributed by atoms with van der Waals surface area (Å²) in [5.74, 6) is -2.68. The monoisotopic (exact) mass is 215 g/mol. The van der Waals surface area contributed by atoms with Gasteiger partial charge in [-0.25, -0.2) is 13.6 Å². The van der Waals surface area contributed by atoms with Crippen molar-refractivity contribution in [2.45, 2.75) is 0 Å². The van der Waals surface area contributed by atoms with Crippen LogP contribution in [0.15, 0.2) is 23.4 Å². The minimum atomic E-state index is -1.19. The van der Waals surface area contributed by atoms with Gasteiger partial charge in [-0.05, 0) is 12.1 Å².